The quantitative estimate of drug-likeness (QED) is 0.319. The Kier molecular flexibility index (Phi) is 6.01. The Morgan fingerprint density at radius 3 is 2.59 bits per heavy atom. The summed E-state index contributed by atoms with van der Waals surface area (Å²) in [6, 6.07) is 14.1. The van der Waals surface area contributed by atoms with E-state index in [1.807, 2.05) is 6.92 Å². The molecule has 32 heavy (non-hydrogen) atoms. The van der Waals surface area contributed by atoms with Gasteiger partial charge in [0.2, 0.25) is 0 Å². The summed E-state index contributed by atoms with van der Waals surface area (Å²) in [5.74, 6) is -0.657. The number of aromatic nitrogens is 1. The van der Waals surface area contributed by atoms with Gasteiger partial charge in [-0.1, -0.05) is 35.8 Å². The van der Waals surface area contributed by atoms with Crippen molar-refractivity contribution in [1.82, 2.24) is 5.16 Å². The van der Waals surface area contributed by atoms with Gasteiger partial charge in [-0.15, -0.1) is 0 Å². The van der Waals surface area contributed by atoms with Crippen molar-refractivity contribution in [3.05, 3.63) is 82.1 Å². The molecule has 7 nitrogen and oxygen atoms in total. The van der Waals surface area contributed by atoms with Gasteiger partial charge in [0.25, 0.3) is 5.78 Å². The monoisotopic (exact) mass is 452 g/mol. The van der Waals surface area contributed by atoms with Crippen molar-refractivity contribution < 1.29 is 24.0 Å². The number of benzene rings is 2. The molecule has 0 unspecified atom stereocenters. The highest BCUT2D eigenvalue weighted by Gasteiger charge is 2.48. The SMILES string of the molecule is CCCOc1cccc([C@H]2/C(=C(\O)c3ccc(Cl)cc3)C(=O)C(=O)N2c2cc(C)on2)c1. The highest BCUT2D eigenvalue weighted by molar-refractivity contribution is 6.51. The molecule has 2 aromatic carbocycles. The van der Waals surface area contributed by atoms with Crippen LogP contribution >= 0.6 is 11.6 Å². The fourth-order valence-corrected chi connectivity index (χ4v) is 3.73. The molecule has 1 N–H and O–H groups in total. The van der Waals surface area contributed by atoms with E-state index in [0.29, 0.717) is 34.3 Å². The number of anilines is 1. The van der Waals surface area contributed by atoms with Gasteiger partial charge in [0.05, 0.1) is 18.2 Å². The van der Waals surface area contributed by atoms with Gasteiger partial charge in [-0.2, -0.15) is 0 Å². The summed E-state index contributed by atoms with van der Waals surface area (Å²) in [5, 5.41) is 15.5. The van der Waals surface area contributed by atoms with Crippen LogP contribution in [0.5, 0.6) is 5.75 Å². The minimum Gasteiger partial charge on any atom is -0.507 e. The van der Waals surface area contributed by atoms with Crippen molar-refractivity contribution in [2.24, 2.45) is 0 Å². The largest absolute Gasteiger partial charge is 0.507 e. The van der Waals surface area contributed by atoms with Gasteiger partial charge in [0.1, 0.15) is 17.3 Å². The smallest absolute Gasteiger partial charge is 0.301 e. The third-order valence-corrected chi connectivity index (χ3v) is 5.32. The standard InChI is InChI=1S/C24H21ClN2O5/c1-3-11-31-18-6-4-5-16(13-18)21-20(22(28)15-7-9-17(25)10-8-15)23(29)24(30)27(21)19-12-14(2)32-26-19/h4-10,12-13,21,28H,3,11H2,1-2H3/b22-20+/t21-/m0/s1. The van der Waals surface area contributed by atoms with Crippen LogP contribution in [-0.2, 0) is 9.59 Å². The van der Waals surface area contributed by atoms with Crippen LogP contribution in [-0.4, -0.2) is 28.6 Å². The third kappa shape index (κ3) is 3.99. The first kappa shape index (κ1) is 21.6. The fourth-order valence-electron chi connectivity index (χ4n) is 3.61. The molecule has 2 heterocycles. The molecule has 1 aliphatic heterocycles. The molecule has 0 aliphatic carbocycles. The van der Waals surface area contributed by atoms with Crippen LogP contribution < -0.4 is 9.64 Å². The molecule has 0 spiro atoms. The minimum absolute atomic E-state index is 0.0504. The van der Waals surface area contributed by atoms with Crippen molar-refractivity contribution in [2.45, 2.75) is 26.3 Å². The number of halogens is 1. The maximum atomic E-state index is 13.1. The topological polar surface area (TPSA) is 92.9 Å². The second-order valence-corrected chi connectivity index (χ2v) is 7.83. The number of hydrogen-bond acceptors (Lipinski definition) is 6. The van der Waals surface area contributed by atoms with E-state index in [1.54, 1.807) is 61.5 Å². The van der Waals surface area contributed by atoms with E-state index in [1.165, 1.54) is 4.90 Å². The number of ketones is 1. The number of hydrogen-bond donors (Lipinski definition) is 1. The second kappa shape index (κ2) is 8.88. The van der Waals surface area contributed by atoms with E-state index >= 15 is 0 Å². The number of aryl methyl sites for hydroxylation is 1. The van der Waals surface area contributed by atoms with Crippen LogP contribution in [0.25, 0.3) is 5.76 Å². The molecular formula is C24H21ClN2O5. The molecule has 1 atom stereocenters. The molecule has 1 aromatic heterocycles. The zero-order valence-electron chi connectivity index (χ0n) is 17.5. The summed E-state index contributed by atoms with van der Waals surface area (Å²) in [4.78, 5) is 27.4. The molecule has 8 heteroatoms. The van der Waals surface area contributed by atoms with E-state index in [2.05, 4.69) is 5.16 Å². The highest BCUT2D eigenvalue weighted by Crippen LogP contribution is 2.42. The summed E-state index contributed by atoms with van der Waals surface area (Å²) in [6.45, 7) is 4.21. The van der Waals surface area contributed by atoms with Crippen LogP contribution in [0, 0.1) is 6.92 Å². The zero-order valence-corrected chi connectivity index (χ0v) is 18.3. The number of aliphatic hydroxyl groups is 1. The average Bonchev–Trinajstić information content (AvgIpc) is 3.33. The number of nitrogens with zero attached hydrogens (tertiary/aromatic N) is 2. The van der Waals surface area contributed by atoms with E-state index in [4.69, 9.17) is 20.9 Å². The first-order valence-corrected chi connectivity index (χ1v) is 10.5. The molecule has 1 aliphatic rings. The maximum Gasteiger partial charge on any atom is 0.301 e. The normalized spacial score (nSPS) is 17.7. The Hall–Kier alpha value is -3.58. The van der Waals surface area contributed by atoms with E-state index in [0.717, 1.165) is 6.42 Å². The van der Waals surface area contributed by atoms with Crippen molar-refractivity contribution >= 4 is 34.9 Å². The van der Waals surface area contributed by atoms with Gasteiger partial charge in [-0.05, 0) is 55.3 Å². The molecule has 1 saturated heterocycles. The predicted octanol–water partition coefficient (Wildman–Crippen LogP) is 5.05. The van der Waals surface area contributed by atoms with E-state index in [-0.39, 0.29) is 17.2 Å². The van der Waals surface area contributed by atoms with Gasteiger partial charge in [0, 0.05) is 16.7 Å². The lowest BCUT2D eigenvalue weighted by Crippen LogP contribution is -2.29. The average molecular weight is 453 g/mol. The molecule has 0 radical (unpaired) electrons. The highest BCUT2D eigenvalue weighted by atomic mass is 35.5. The number of carbonyl (C=O) groups excluding carboxylic acids is 2. The molecule has 3 aromatic rings. The number of ether oxygens (including phenoxy) is 1. The van der Waals surface area contributed by atoms with Gasteiger partial charge in [-0.25, -0.2) is 0 Å². The van der Waals surface area contributed by atoms with Crippen LogP contribution in [0.4, 0.5) is 5.82 Å². The summed E-state index contributed by atoms with van der Waals surface area (Å²) >= 11 is 5.96. The number of rotatable bonds is 6. The van der Waals surface area contributed by atoms with Crippen molar-refractivity contribution in [3.8, 4) is 5.75 Å². The zero-order chi connectivity index (χ0) is 22.8. The molecule has 1 fully saturated rings. The van der Waals surface area contributed by atoms with Crippen LogP contribution in [0.1, 0.15) is 36.3 Å². The van der Waals surface area contributed by atoms with Crippen molar-refractivity contribution in [3.63, 3.8) is 0 Å². The summed E-state index contributed by atoms with van der Waals surface area (Å²) < 4.78 is 10.9. The predicted molar refractivity (Wildman–Crippen MR) is 120 cm³/mol. The molecule has 0 saturated carbocycles. The van der Waals surface area contributed by atoms with Gasteiger partial charge < -0.3 is 14.4 Å². The minimum atomic E-state index is -0.916. The molecule has 4 rings (SSSR count). The lowest BCUT2D eigenvalue weighted by Gasteiger charge is -2.23. The van der Waals surface area contributed by atoms with Gasteiger partial charge in [-0.3, -0.25) is 14.5 Å². The molecular weight excluding hydrogens is 432 g/mol. The van der Waals surface area contributed by atoms with Gasteiger partial charge in [0.15, 0.2) is 5.82 Å². The van der Waals surface area contributed by atoms with Crippen LogP contribution in [0.2, 0.25) is 5.02 Å². The van der Waals surface area contributed by atoms with Gasteiger partial charge >= 0.3 is 5.91 Å². The first-order chi connectivity index (χ1) is 15.4. The molecule has 164 valence electrons. The first-order valence-electron chi connectivity index (χ1n) is 10.1. The van der Waals surface area contributed by atoms with Crippen LogP contribution in [0.15, 0.2) is 64.7 Å². The van der Waals surface area contributed by atoms with Crippen molar-refractivity contribution in [1.29, 1.82) is 0 Å². The lowest BCUT2D eigenvalue weighted by atomic mass is 9.95. The number of Topliss-reactive ketones (excluding diaryl/α,β-unsaturated/α-hetero) is 1. The Bertz CT molecular complexity index is 1200. The lowest BCUT2D eigenvalue weighted by molar-refractivity contribution is -0.132. The molecule has 1 amide bonds. The summed E-state index contributed by atoms with van der Waals surface area (Å²) in [6.07, 6.45) is 0.831. The van der Waals surface area contributed by atoms with E-state index < -0.39 is 17.7 Å². The summed E-state index contributed by atoms with van der Waals surface area (Å²) in [7, 11) is 0. The summed E-state index contributed by atoms with van der Waals surface area (Å²) in [5.41, 5.74) is 0.909. The number of aliphatic hydroxyl groups excluding tert-OH is 1. The van der Waals surface area contributed by atoms with E-state index in [9.17, 15) is 14.7 Å². The fraction of sp³-hybridized carbons (Fsp3) is 0.208. The van der Waals surface area contributed by atoms with Crippen molar-refractivity contribution in [2.75, 3.05) is 11.5 Å². The maximum absolute atomic E-state index is 13.1. The Balaban J connectivity index is 1.90. The van der Waals surface area contributed by atoms with Crippen LogP contribution in [0.3, 0.4) is 0 Å². The Morgan fingerprint density at radius 2 is 1.94 bits per heavy atom. The second-order valence-electron chi connectivity index (χ2n) is 7.39. The Morgan fingerprint density at radius 1 is 1.19 bits per heavy atom. The number of amides is 1. The number of carbonyl (C=O) groups is 2. The Labute approximate surface area is 189 Å². The third-order valence-electron chi connectivity index (χ3n) is 5.07. The molecule has 0 bridgehead atoms.